The highest BCUT2D eigenvalue weighted by Crippen LogP contribution is 2.39. The Labute approximate surface area is 183 Å². The van der Waals surface area contributed by atoms with Crippen LogP contribution in [0.5, 0.6) is 5.75 Å². The summed E-state index contributed by atoms with van der Waals surface area (Å²) >= 11 is 0. The Hall–Kier alpha value is -4.07. The molecule has 160 valence electrons. The fourth-order valence-electron chi connectivity index (χ4n) is 3.96. The van der Waals surface area contributed by atoms with Crippen LogP contribution in [0.15, 0.2) is 60.9 Å². The van der Waals surface area contributed by atoms with Crippen LogP contribution in [0, 0.1) is 5.82 Å². The van der Waals surface area contributed by atoms with Crippen LogP contribution >= 0.6 is 0 Å². The number of primary amides is 1. The van der Waals surface area contributed by atoms with Crippen LogP contribution in [0.2, 0.25) is 0 Å². The average molecular weight is 429 g/mol. The number of hydrogen-bond acceptors (Lipinski definition) is 6. The molecule has 1 fully saturated rings. The van der Waals surface area contributed by atoms with E-state index in [1.54, 1.807) is 25.6 Å². The largest absolute Gasteiger partial charge is 0.494 e. The van der Waals surface area contributed by atoms with Crippen LogP contribution in [0.3, 0.4) is 0 Å². The fraction of sp³-hybridized carbons (Fsp3) is 0.167. The molecule has 2 N–H and O–H groups in total. The number of carbonyl (C=O) groups is 1. The molecule has 8 heteroatoms. The van der Waals surface area contributed by atoms with Crippen molar-refractivity contribution >= 4 is 22.6 Å². The monoisotopic (exact) mass is 429 g/mol. The first-order valence-electron chi connectivity index (χ1n) is 10.2. The Morgan fingerprint density at radius 2 is 1.97 bits per heavy atom. The number of anilines is 1. The van der Waals surface area contributed by atoms with Crippen molar-refractivity contribution in [3.05, 3.63) is 66.7 Å². The highest BCUT2D eigenvalue weighted by molar-refractivity contribution is 6.00. The first-order chi connectivity index (χ1) is 15.5. The van der Waals surface area contributed by atoms with Crippen molar-refractivity contribution in [1.29, 1.82) is 0 Å². The Morgan fingerprint density at radius 1 is 1.12 bits per heavy atom. The molecule has 1 aliphatic heterocycles. The van der Waals surface area contributed by atoms with E-state index in [0.717, 1.165) is 11.1 Å². The van der Waals surface area contributed by atoms with Crippen molar-refractivity contribution in [3.63, 3.8) is 0 Å². The quantitative estimate of drug-likeness (QED) is 0.521. The van der Waals surface area contributed by atoms with Crippen molar-refractivity contribution < 1.29 is 13.9 Å². The Bertz CT molecular complexity index is 1330. The van der Waals surface area contributed by atoms with Gasteiger partial charge in [-0.2, -0.15) is 0 Å². The minimum Gasteiger partial charge on any atom is -0.494 e. The summed E-state index contributed by atoms with van der Waals surface area (Å²) in [5, 5.41) is 0.696. The van der Waals surface area contributed by atoms with Crippen molar-refractivity contribution in [2.75, 3.05) is 18.6 Å². The molecule has 1 amide bonds. The van der Waals surface area contributed by atoms with E-state index >= 15 is 0 Å². The van der Waals surface area contributed by atoms with Gasteiger partial charge in [-0.15, -0.1) is 0 Å². The van der Waals surface area contributed by atoms with Gasteiger partial charge in [0.1, 0.15) is 28.9 Å². The maximum absolute atomic E-state index is 13.9. The predicted molar refractivity (Wildman–Crippen MR) is 120 cm³/mol. The van der Waals surface area contributed by atoms with Gasteiger partial charge in [-0.25, -0.2) is 14.4 Å². The van der Waals surface area contributed by atoms with Crippen LogP contribution in [0.4, 0.5) is 10.2 Å². The molecule has 3 heterocycles. The van der Waals surface area contributed by atoms with Crippen molar-refractivity contribution in [2.24, 2.45) is 5.73 Å². The molecule has 2 aromatic heterocycles. The van der Waals surface area contributed by atoms with E-state index in [4.69, 9.17) is 20.4 Å². The third-order valence-corrected chi connectivity index (χ3v) is 5.66. The molecule has 4 aromatic rings. The topological polar surface area (TPSA) is 94.2 Å². The normalized spacial score (nSPS) is 15.4. The number of nitrogens with two attached hydrogens (primary N) is 1. The van der Waals surface area contributed by atoms with Crippen LogP contribution in [0.25, 0.3) is 33.4 Å². The van der Waals surface area contributed by atoms with Gasteiger partial charge in [0.2, 0.25) is 5.91 Å². The average Bonchev–Trinajstić information content (AvgIpc) is 2.77. The molecule has 32 heavy (non-hydrogen) atoms. The predicted octanol–water partition coefficient (Wildman–Crippen LogP) is 3.57. The maximum atomic E-state index is 13.9. The second kappa shape index (κ2) is 7.88. The molecule has 1 saturated heterocycles. The molecule has 7 nitrogen and oxygen atoms in total. The zero-order valence-corrected chi connectivity index (χ0v) is 17.3. The highest BCUT2D eigenvalue weighted by Gasteiger charge is 2.35. The number of fused-ring (bicyclic) bond motifs is 1. The Kier molecular flexibility index (Phi) is 4.89. The zero-order chi connectivity index (χ0) is 22.2. The fourth-order valence-corrected chi connectivity index (χ4v) is 3.96. The molecule has 5 rings (SSSR count). The first-order valence-corrected chi connectivity index (χ1v) is 10.2. The summed E-state index contributed by atoms with van der Waals surface area (Å²) in [6.45, 7) is 0.638. The lowest BCUT2D eigenvalue weighted by molar-refractivity contribution is -0.120. The minimum atomic E-state index is -0.446. The number of carbonyl (C=O) groups excluding carboxylic acids is 1. The van der Waals surface area contributed by atoms with Gasteiger partial charge in [-0.1, -0.05) is 12.1 Å². The molecule has 0 radical (unpaired) electrons. The van der Waals surface area contributed by atoms with Gasteiger partial charge in [0.25, 0.3) is 0 Å². The second-order valence-electron chi connectivity index (χ2n) is 7.60. The van der Waals surface area contributed by atoms with Gasteiger partial charge in [-0.3, -0.25) is 9.78 Å². The van der Waals surface area contributed by atoms with Crippen LogP contribution in [-0.4, -0.2) is 40.6 Å². The van der Waals surface area contributed by atoms with E-state index in [9.17, 15) is 9.18 Å². The second-order valence-corrected chi connectivity index (χ2v) is 7.60. The standard InChI is InChI=1S/C24H20FN5O2/c1-32-20-12-16(14-4-2-6-17(25)10-14)11-18-21(20)28-23(15-5-3-8-27-13-15)29-24(18)30-9-7-19(30)22(26)31/h2-6,8,10-13,19H,7,9H2,1H3,(H2,26,31). The van der Waals surface area contributed by atoms with Crippen LogP contribution < -0.4 is 15.4 Å². The van der Waals surface area contributed by atoms with Gasteiger partial charge in [-0.05, 0) is 53.9 Å². The number of halogens is 1. The molecular formula is C24H20FN5O2. The summed E-state index contributed by atoms with van der Waals surface area (Å²) in [5.41, 5.74) is 8.39. The Morgan fingerprint density at radius 3 is 2.62 bits per heavy atom. The molecule has 2 aromatic carbocycles. The lowest BCUT2D eigenvalue weighted by Gasteiger charge is -2.40. The van der Waals surface area contributed by atoms with Crippen LogP contribution in [-0.2, 0) is 4.79 Å². The lowest BCUT2D eigenvalue weighted by atomic mass is 9.99. The number of benzene rings is 2. The van der Waals surface area contributed by atoms with E-state index in [0.29, 0.717) is 46.8 Å². The smallest absolute Gasteiger partial charge is 0.240 e. The summed E-state index contributed by atoms with van der Waals surface area (Å²) in [4.78, 5) is 27.5. The molecular weight excluding hydrogens is 409 g/mol. The number of aromatic nitrogens is 3. The molecule has 0 aliphatic carbocycles. The molecule has 1 aliphatic rings. The first kappa shape index (κ1) is 19.9. The van der Waals surface area contributed by atoms with Gasteiger partial charge in [0.15, 0.2) is 5.82 Å². The molecule has 1 unspecified atom stereocenters. The number of rotatable bonds is 5. The number of nitrogens with zero attached hydrogens (tertiary/aromatic N) is 4. The lowest BCUT2D eigenvalue weighted by Crippen LogP contribution is -2.55. The molecule has 1 atom stereocenters. The highest BCUT2D eigenvalue weighted by atomic mass is 19.1. The number of ether oxygens (including phenoxy) is 1. The van der Waals surface area contributed by atoms with E-state index in [2.05, 4.69) is 4.98 Å². The molecule has 0 bridgehead atoms. The zero-order valence-electron chi connectivity index (χ0n) is 17.3. The summed E-state index contributed by atoms with van der Waals surface area (Å²) in [6.07, 6.45) is 4.01. The third-order valence-electron chi connectivity index (χ3n) is 5.66. The van der Waals surface area contributed by atoms with Crippen molar-refractivity contribution in [1.82, 2.24) is 15.0 Å². The summed E-state index contributed by atoms with van der Waals surface area (Å²) < 4.78 is 19.5. The van der Waals surface area contributed by atoms with Gasteiger partial charge in [0.05, 0.1) is 7.11 Å². The minimum absolute atomic E-state index is 0.332. The molecule has 0 saturated carbocycles. The van der Waals surface area contributed by atoms with Crippen molar-refractivity contribution in [2.45, 2.75) is 12.5 Å². The van der Waals surface area contributed by atoms with Gasteiger partial charge < -0.3 is 15.4 Å². The van der Waals surface area contributed by atoms with E-state index in [1.165, 1.54) is 12.1 Å². The van der Waals surface area contributed by atoms with Gasteiger partial charge in [0, 0.05) is 29.9 Å². The SMILES string of the molecule is COc1cc(-c2cccc(F)c2)cc2c(N3CCC3C(N)=O)nc(-c3cccnc3)nc12. The van der Waals surface area contributed by atoms with Gasteiger partial charge >= 0.3 is 0 Å². The number of amides is 1. The van der Waals surface area contributed by atoms with Crippen LogP contribution in [0.1, 0.15) is 6.42 Å². The van der Waals surface area contributed by atoms with E-state index in [-0.39, 0.29) is 5.82 Å². The summed E-state index contributed by atoms with van der Waals surface area (Å²) in [5.74, 6) is 0.834. The van der Waals surface area contributed by atoms with E-state index < -0.39 is 11.9 Å². The van der Waals surface area contributed by atoms with Crippen molar-refractivity contribution in [3.8, 4) is 28.3 Å². The number of pyridine rings is 1. The number of methoxy groups -OCH3 is 1. The number of hydrogen-bond donors (Lipinski definition) is 1. The summed E-state index contributed by atoms with van der Waals surface area (Å²) in [7, 11) is 1.56. The Balaban J connectivity index is 1.78. The van der Waals surface area contributed by atoms with E-state index in [1.807, 2.05) is 35.2 Å². The molecule has 0 spiro atoms. The maximum Gasteiger partial charge on any atom is 0.240 e. The summed E-state index contributed by atoms with van der Waals surface area (Å²) in [6, 6.07) is 13.3. The third kappa shape index (κ3) is 3.39.